The summed E-state index contributed by atoms with van der Waals surface area (Å²) in [4.78, 5) is 0. The first-order valence-corrected chi connectivity index (χ1v) is 9.51. The summed E-state index contributed by atoms with van der Waals surface area (Å²) in [5.74, 6) is 0.957. The van der Waals surface area contributed by atoms with Gasteiger partial charge in [-0.15, -0.1) is 0 Å². The molecule has 122 valence electrons. The van der Waals surface area contributed by atoms with Gasteiger partial charge in [0.05, 0.1) is 0 Å². The van der Waals surface area contributed by atoms with Crippen molar-refractivity contribution >= 4 is 0 Å². The fourth-order valence-electron chi connectivity index (χ4n) is 3.83. The third-order valence-electron chi connectivity index (χ3n) is 5.13. The molecule has 0 radical (unpaired) electrons. The molecule has 21 heavy (non-hydrogen) atoms. The van der Waals surface area contributed by atoms with Gasteiger partial charge in [-0.1, -0.05) is 75.7 Å². The fourth-order valence-corrected chi connectivity index (χ4v) is 3.83. The molecule has 0 fully saturated rings. The summed E-state index contributed by atoms with van der Waals surface area (Å²) in [6.45, 7) is 11.3. The van der Waals surface area contributed by atoms with Gasteiger partial charge in [0.1, 0.15) is 0 Å². The van der Waals surface area contributed by atoms with E-state index in [-0.39, 0.29) is 0 Å². The maximum absolute atomic E-state index is 4.29. The molecule has 0 unspecified atom stereocenters. The highest BCUT2D eigenvalue weighted by molar-refractivity contribution is 5.19. The molecule has 0 aliphatic heterocycles. The van der Waals surface area contributed by atoms with Gasteiger partial charge < -0.3 is 0 Å². The van der Waals surface area contributed by atoms with Crippen molar-refractivity contribution in [3.05, 3.63) is 23.3 Å². The van der Waals surface area contributed by atoms with Crippen LogP contribution in [0.15, 0.2) is 23.3 Å². The first-order chi connectivity index (χ1) is 10.2. The Balaban J connectivity index is 2.60. The second kappa shape index (κ2) is 11.1. The van der Waals surface area contributed by atoms with Crippen LogP contribution in [0, 0.1) is 5.92 Å². The molecule has 0 spiro atoms. The average Bonchev–Trinajstić information content (AvgIpc) is 2.45. The van der Waals surface area contributed by atoms with Gasteiger partial charge in [-0.2, -0.15) is 0 Å². The van der Waals surface area contributed by atoms with Gasteiger partial charge in [-0.05, 0) is 57.8 Å². The van der Waals surface area contributed by atoms with Crippen LogP contribution in [-0.2, 0) is 0 Å². The van der Waals surface area contributed by atoms with Gasteiger partial charge >= 0.3 is 0 Å². The number of rotatable bonds is 7. The maximum atomic E-state index is 4.29. The van der Waals surface area contributed by atoms with Crippen molar-refractivity contribution < 1.29 is 0 Å². The van der Waals surface area contributed by atoms with Crippen LogP contribution < -0.4 is 0 Å². The first-order valence-electron chi connectivity index (χ1n) is 9.51. The summed E-state index contributed by atoms with van der Waals surface area (Å²) in [7, 11) is 0. The smallest absolute Gasteiger partial charge is 0.0111 e. The first kappa shape index (κ1) is 18.5. The second-order valence-corrected chi connectivity index (χ2v) is 7.21. The number of hydrogen-bond donors (Lipinski definition) is 0. The van der Waals surface area contributed by atoms with Crippen molar-refractivity contribution in [3.8, 4) is 0 Å². The highest BCUT2D eigenvalue weighted by Crippen LogP contribution is 2.29. The zero-order valence-corrected chi connectivity index (χ0v) is 15.0. The van der Waals surface area contributed by atoms with E-state index in [0.717, 1.165) is 5.92 Å². The van der Waals surface area contributed by atoms with Crippen molar-refractivity contribution in [1.82, 2.24) is 0 Å². The Kier molecular flexibility index (Phi) is 9.79. The maximum Gasteiger partial charge on any atom is -0.0111 e. The quantitative estimate of drug-likeness (QED) is 0.423. The largest absolute Gasteiger partial charge is 0.0995 e. The Morgan fingerprint density at radius 1 is 0.905 bits per heavy atom. The van der Waals surface area contributed by atoms with Gasteiger partial charge in [-0.25, -0.2) is 0 Å². The molecule has 0 aromatic heterocycles. The highest BCUT2D eigenvalue weighted by atomic mass is 14.2. The van der Waals surface area contributed by atoms with Crippen molar-refractivity contribution in [1.29, 1.82) is 0 Å². The highest BCUT2D eigenvalue weighted by Gasteiger charge is 2.11. The van der Waals surface area contributed by atoms with E-state index in [0.29, 0.717) is 0 Å². The van der Waals surface area contributed by atoms with E-state index in [1.54, 1.807) is 11.1 Å². The molecule has 0 amide bonds. The second-order valence-electron chi connectivity index (χ2n) is 7.21. The van der Waals surface area contributed by atoms with Crippen LogP contribution in [0.1, 0.15) is 104 Å². The monoisotopic (exact) mass is 290 g/mol. The van der Waals surface area contributed by atoms with Crippen LogP contribution in [0.3, 0.4) is 0 Å². The van der Waals surface area contributed by atoms with Crippen molar-refractivity contribution in [2.45, 2.75) is 104 Å². The molecule has 0 N–H and O–H groups in total. The van der Waals surface area contributed by atoms with Crippen LogP contribution in [0.5, 0.6) is 0 Å². The molecule has 1 rings (SSSR count). The van der Waals surface area contributed by atoms with Crippen molar-refractivity contribution in [2.24, 2.45) is 5.92 Å². The molecule has 0 aromatic carbocycles. The van der Waals surface area contributed by atoms with E-state index in [1.807, 2.05) is 0 Å². The van der Waals surface area contributed by atoms with Gasteiger partial charge in [0, 0.05) is 0 Å². The van der Waals surface area contributed by atoms with E-state index in [4.69, 9.17) is 0 Å². The minimum absolute atomic E-state index is 0.957. The van der Waals surface area contributed by atoms with E-state index in [2.05, 4.69) is 27.4 Å². The molecule has 0 aromatic rings. The third kappa shape index (κ3) is 7.88. The zero-order valence-electron chi connectivity index (χ0n) is 15.0. The lowest BCUT2D eigenvalue weighted by Gasteiger charge is -2.20. The Hall–Kier alpha value is -0.520. The van der Waals surface area contributed by atoms with E-state index in [9.17, 15) is 0 Å². The molecule has 0 bridgehead atoms. The van der Waals surface area contributed by atoms with Crippen LogP contribution in [-0.4, -0.2) is 0 Å². The fraction of sp³-hybridized carbons (Fsp3) is 0.810. The number of hydrogen-bond acceptors (Lipinski definition) is 0. The van der Waals surface area contributed by atoms with E-state index >= 15 is 0 Å². The SMILES string of the molecule is C=C1CCCCCCC(CCC(CCC)CCC)=C(C)C1. The Morgan fingerprint density at radius 3 is 2.14 bits per heavy atom. The van der Waals surface area contributed by atoms with Gasteiger partial charge in [0.2, 0.25) is 0 Å². The number of allylic oxidation sites excluding steroid dienone is 3. The van der Waals surface area contributed by atoms with Gasteiger partial charge in [0.15, 0.2) is 0 Å². The summed E-state index contributed by atoms with van der Waals surface area (Å²) in [5.41, 5.74) is 4.88. The lowest BCUT2D eigenvalue weighted by atomic mass is 9.86. The molecule has 0 heterocycles. The summed E-state index contributed by atoms with van der Waals surface area (Å²) < 4.78 is 0. The molecule has 0 saturated heterocycles. The summed E-state index contributed by atoms with van der Waals surface area (Å²) in [6.07, 6.45) is 17.7. The van der Waals surface area contributed by atoms with Gasteiger partial charge in [-0.3, -0.25) is 0 Å². The molecule has 0 saturated carbocycles. The van der Waals surface area contributed by atoms with Crippen molar-refractivity contribution in [3.63, 3.8) is 0 Å². The minimum atomic E-state index is 0.957. The molecule has 0 nitrogen and oxygen atoms in total. The Bertz CT molecular complexity index is 315. The third-order valence-corrected chi connectivity index (χ3v) is 5.13. The average molecular weight is 291 g/mol. The van der Waals surface area contributed by atoms with Crippen LogP contribution >= 0.6 is 0 Å². The van der Waals surface area contributed by atoms with Gasteiger partial charge in [0.25, 0.3) is 0 Å². The Morgan fingerprint density at radius 2 is 1.52 bits per heavy atom. The lowest BCUT2D eigenvalue weighted by molar-refractivity contribution is 0.407. The predicted octanol–water partition coefficient (Wildman–Crippen LogP) is 7.60. The molecule has 0 heteroatoms. The van der Waals surface area contributed by atoms with Crippen molar-refractivity contribution in [2.75, 3.05) is 0 Å². The summed E-state index contributed by atoms with van der Waals surface area (Å²) in [6, 6.07) is 0. The topological polar surface area (TPSA) is 0 Å². The molecular weight excluding hydrogens is 252 g/mol. The normalized spacial score (nSPS) is 18.4. The molecule has 0 atom stereocenters. The predicted molar refractivity (Wildman–Crippen MR) is 96.7 cm³/mol. The summed E-state index contributed by atoms with van der Waals surface area (Å²) in [5, 5.41) is 0. The lowest BCUT2D eigenvalue weighted by Crippen LogP contribution is -2.03. The Labute approximate surface area is 134 Å². The molecular formula is C21H38. The summed E-state index contributed by atoms with van der Waals surface area (Å²) >= 11 is 0. The van der Waals surface area contributed by atoms with Crippen LogP contribution in [0.2, 0.25) is 0 Å². The molecule has 1 aliphatic carbocycles. The van der Waals surface area contributed by atoms with E-state index in [1.165, 1.54) is 89.0 Å². The molecule has 1 aliphatic rings. The van der Waals surface area contributed by atoms with E-state index < -0.39 is 0 Å². The zero-order chi connectivity index (χ0) is 15.5. The van der Waals surface area contributed by atoms with Crippen LogP contribution in [0.25, 0.3) is 0 Å². The standard InChI is InChI=1S/C21H38/c1-5-11-20(12-6-2)15-16-21-14-10-8-7-9-13-18(3)17-19(21)4/h20H,3,5-17H2,1-2,4H3. The minimum Gasteiger partial charge on any atom is -0.0995 e. The van der Waals surface area contributed by atoms with Crippen LogP contribution in [0.4, 0.5) is 0 Å².